The minimum Gasteiger partial charge on any atom is -0.329 e. The van der Waals surface area contributed by atoms with Crippen LogP contribution in [0.1, 0.15) is 18.0 Å². The second kappa shape index (κ2) is 5.96. The third-order valence-electron chi connectivity index (χ3n) is 2.86. The summed E-state index contributed by atoms with van der Waals surface area (Å²) in [6, 6.07) is 8.71. The van der Waals surface area contributed by atoms with Gasteiger partial charge >= 0.3 is 0 Å². The van der Waals surface area contributed by atoms with Gasteiger partial charge in [0.05, 0.1) is 0 Å². The van der Waals surface area contributed by atoms with Gasteiger partial charge in [0, 0.05) is 17.3 Å². The van der Waals surface area contributed by atoms with Gasteiger partial charge in [-0.25, -0.2) is 0 Å². The van der Waals surface area contributed by atoms with Gasteiger partial charge in [0.2, 0.25) is 0 Å². The van der Waals surface area contributed by atoms with E-state index < -0.39 is 0 Å². The van der Waals surface area contributed by atoms with Crippen LogP contribution in [-0.4, -0.2) is 13.1 Å². The van der Waals surface area contributed by atoms with Gasteiger partial charge in [-0.05, 0) is 35.4 Å². The van der Waals surface area contributed by atoms with Gasteiger partial charge in [-0.3, -0.25) is 0 Å². The smallest absolute Gasteiger partial charge is 0.0459 e. The molecular weight excluding hydrogens is 228 g/mol. The molecule has 2 nitrogen and oxygen atoms in total. The zero-order valence-corrected chi connectivity index (χ0v) is 10.7. The van der Waals surface area contributed by atoms with Crippen molar-refractivity contribution in [1.29, 1.82) is 0 Å². The van der Waals surface area contributed by atoms with Gasteiger partial charge < -0.3 is 11.1 Å². The summed E-state index contributed by atoms with van der Waals surface area (Å²) in [5, 5.41) is 7.01. The number of hydrogen-bond donors (Lipinski definition) is 2. The largest absolute Gasteiger partial charge is 0.329 e. The number of thiophene rings is 1. The van der Waals surface area contributed by atoms with E-state index in [1.54, 1.807) is 11.3 Å². The van der Waals surface area contributed by atoms with Crippen molar-refractivity contribution in [3.8, 4) is 0 Å². The standard InChI is InChI=1S/C14H18N2S/c1-2-3-8-16-13(9-15)12-10-17-14-7-5-4-6-11(12)14/h2,4-7,10,13,16H,1,3,8-9,15H2. The second-order valence-electron chi connectivity index (χ2n) is 4.01. The van der Waals surface area contributed by atoms with E-state index in [4.69, 9.17) is 5.73 Å². The molecule has 0 fully saturated rings. The lowest BCUT2D eigenvalue weighted by Crippen LogP contribution is -2.28. The van der Waals surface area contributed by atoms with Crippen LogP contribution in [-0.2, 0) is 0 Å². The Labute approximate surface area is 106 Å². The lowest BCUT2D eigenvalue weighted by molar-refractivity contribution is 0.553. The Morgan fingerprint density at radius 2 is 2.24 bits per heavy atom. The number of fused-ring (bicyclic) bond motifs is 1. The molecule has 0 saturated heterocycles. The fourth-order valence-corrected chi connectivity index (χ4v) is 2.96. The molecule has 1 aromatic heterocycles. The van der Waals surface area contributed by atoms with E-state index in [2.05, 4.69) is 41.5 Å². The maximum absolute atomic E-state index is 5.85. The average molecular weight is 246 g/mol. The van der Waals surface area contributed by atoms with Gasteiger partial charge in [-0.15, -0.1) is 17.9 Å². The van der Waals surface area contributed by atoms with E-state index in [1.165, 1.54) is 15.6 Å². The summed E-state index contributed by atoms with van der Waals surface area (Å²) >= 11 is 1.78. The van der Waals surface area contributed by atoms with Crippen LogP contribution in [0.5, 0.6) is 0 Å². The average Bonchev–Trinajstić information content (AvgIpc) is 2.79. The van der Waals surface area contributed by atoms with Crippen LogP contribution < -0.4 is 11.1 Å². The number of rotatable bonds is 6. The van der Waals surface area contributed by atoms with Crippen molar-refractivity contribution in [2.24, 2.45) is 5.73 Å². The molecule has 2 aromatic rings. The van der Waals surface area contributed by atoms with Gasteiger partial charge in [0.15, 0.2) is 0 Å². The van der Waals surface area contributed by atoms with Crippen molar-refractivity contribution in [1.82, 2.24) is 5.32 Å². The van der Waals surface area contributed by atoms with Crippen LogP contribution in [0.3, 0.4) is 0 Å². The van der Waals surface area contributed by atoms with Crippen molar-refractivity contribution in [2.45, 2.75) is 12.5 Å². The zero-order chi connectivity index (χ0) is 12.1. The molecular formula is C14H18N2S. The Hall–Kier alpha value is -1.16. The third kappa shape index (κ3) is 2.75. The summed E-state index contributed by atoms with van der Waals surface area (Å²) in [7, 11) is 0. The molecule has 0 amide bonds. The van der Waals surface area contributed by atoms with Crippen molar-refractivity contribution >= 4 is 21.4 Å². The highest BCUT2D eigenvalue weighted by molar-refractivity contribution is 7.17. The summed E-state index contributed by atoms with van der Waals surface area (Å²) in [5.41, 5.74) is 7.17. The number of benzene rings is 1. The normalized spacial score (nSPS) is 12.8. The van der Waals surface area contributed by atoms with E-state index in [0.717, 1.165) is 13.0 Å². The monoisotopic (exact) mass is 246 g/mol. The van der Waals surface area contributed by atoms with E-state index >= 15 is 0 Å². The third-order valence-corrected chi connectivity index (χ3v) is 3.84. The topological polar surface area (TPSA) is 38.0 Å². The molecule has 0 aliphatic heterocycles. The van der Waals surface area contributed by atoms with E-state index in [-0.39, 0.29) is 6.04 Å². The molecule has 1 unspecified atom stereocenters. The number of nitrogens with one attached hydrogen (secondary N) is 1. The van der Waals surface area contributed by atoms with Gasteiger partial charge in [-0.2, -0.15) is 0 Å². The fourth-order valence-electron chi connectivity index (χ4n) is 1.95. The lowest BCUT2D eigenvalue weighted by Gasteiger charge is -2.15. The highest BCUT2D eigenvalue weighted by Gasteiger charge is 2.13. The van der Waals surface area contributed by atoms with Crippen molar-refractivity contribution in [3.63, 3.8) is 0 Å². The van der Waals surface area contributed by atoms with Crippen LogP contribution in [0.25, 0.3) is 10.1 Å². The summed E-state index contributed by atoms with van der Waals surface area (Å²) in [4.78, 5) is 0. The predicted molar refractivity (Wildman–Crippen MR) is 76.4 cm³/mol. The van der Waals surface area contributed by atoms with E-state index in [0.29, 0.717) is 6.54 Å². The van der Waals surface area contributed by atoms with Crippen LogP contribution in [0.4, 0.5) is 0 Å². The highest BCUT2D eigenvalue weighted by atomic mass is 32.1. The first-order valence-corrected chi connectivity index (χ1v) is 6.75. The van der Waals surface area contributed by atoms with Crippen LogP contribution >= 0.6 is 11.3 Å². The summed E-state index contributed by atoms with van der Waals surface area (Å²) in [6.45, 7) is 5.28. The first-order valence-electron chi connectivity index (χ1n) is 5.87. The lowest BCUT2D eigenvalue weighted by atomic mass is 10.1. The predicted octanol–water partition coefficient (Wildman–Crippen LogP) is 3.07. The Morgan fingerprint density at radius 1 is 1.41 bits per heavy atom. The molecule has 0 bridgehead atoms. The van der Waals surface area contributed by atoms with E-state index in [1.807, 2.05) is 6.08 Å². The van der Waals surface area contributed by atoms with Crippen LogP contribution in [0, 0.1) is 0 Å². The summed E-state index contributed by atoms with van der Waals surface area (Å²) in [6.07, 6.45) is 2.89. The van der Waals surface area contributed by atoms with Crippen molar-refractivity contribution in [3.05, 3.63) is 47.9 Å². The molecule has 1 aromatic carbocycles. The SMILES string of the molecule is C=CCCNC(CN)c1csc2ccccc12. The zero-order valence-electron chi connectivity index (χ0n) is 9.86. The minimum absolute atomic E-state index is 0.242. The van der Waals surface area contributed by atoms with Crippen LogP contribution in [0.15, 0.2) is 42.3 Å². The van der Waals surface area contributed by atoms with Gasteiger partial charge in [0.1, 0.15) is 0 Å². The molecule has 0 spiro atoms. The molecule has 90 valence electrons. The summed E-state index contributed by atoms with van der Waals surface area (Å²) < 4.78 is 1.33. The fraction of sp³-hybridized carbons (Fsp3) is 0.286. The highest BCUT2D eigenvalue weighted by Crippen LogP contribution is 2.29. The molecule has 0 saturated carbocycles. The maximum Gasteiger partial charge on any atom is 0.0459 e. The molecule has 3 N–H and O–H groups in total. The molecule has 0 aliphatic carbocycles. The van der Waals surface area contributed by atoms with Gasteiger partial charge in [0.25, 0.3) is 0 Å². The minimum atomic E-state index is 0.242. The summed E-state index contributed by atoms with van der Waals surface area (Å²) in [5.74, 6) is 0. The Bertz CT molecular complexity index is 490. The molecule has 2 rings (SSSR count). The number of hydrogen-bond acceptors (Lipinski definition) is 3. The second-order valence-corrected chi connectivity index (χ2v) is 4.92. The maximum atomic E-state index is 5.85. The molecule has 1 atom stereocenters. The Kier molecular flexibility index (Phi) is 4.31. The van der Waals surface area contributed by atoms with Crippen molar-refractivity contribution < 1.29 is 0 Å². The number of nitrogens with two attached hydrogens (primary N) is 1. The molecule has 1 heterocycles. The van der Waals surface area contributed by atoms with Crippen molar-refractivity contribution in [2.75, 3.05) is 13.1 Å². The first kappa shape index (κ1) is 12.3. The van der Waals surface area contributed by atoms with Crippen LogP contribution in [0.2, 0.25) is 0 Å². The molecule has 0 radical (unpaired) electrons. The molecule has 17 heavy (non-hydrogen) atoms. The Balaban J connectivity index is 2.20. The van der Waals surface area contributed by atoms with Gasteiger partial charge in [-0.1, -0.05) is 24.3 Å². The van der Waals surface area contributed by atoms with E-state index in [9.17, 15) is 0 Å². The quantitative estimate of drug-likeness (QED) is 0.607. The first-order chi connectivity index (χ1) is 8.36. The molecule has 3 heteroatoms. The Morgan fingerprint density at radius 3 is 3.00 bits per heavy atom. The molecule has 0 aliphatic rings.